The highest BCUT2D eigenvalue weighted by molar-refractivity contribution is 6.28. The van der Waals surface area contributed by atoms with Crippen LogP contribution in [0.25, 0.3) is 76.4 Å². The second-order valence-electron chi connectivity index (χ2n) is 11.9. The van der Waals surface area contributed by atoms with Crippen molar-refractivity contribution in [1.29, 1.82) is 5.41 Å². The lowest BCUT2D eigenvalue weighted by Crippen LogP contribution is -2.17. The molecular formula is C41H26N4. The van der Waals surface area contributed by atoms with Gasteiger partial charge in [-0.3, -0.25) is 10.1 Å². The SMILES string of the molecule is N=C1C=CC=C/C1=C(/Nn1c2ccccc2c2cc3c(ccc4c5cccc6c7ccccc7n(c34)c65)cc21)c1ccccc1. The summed E-state index contributed by atoms with van der Waals surface area (Å²) in [7, 11) is 0. The molecule has 210 valence electrons. The number of aromatic nitrogens is 2. The number of rotatable bonds is 3. The van der Waals surface area contributed by atoms with Gasteiger partial charge in [0.1, 0.15) is 0 Å². The first-order valence-corrected chi connectivity index (χ1v) is 15.3. The third kappa shape index (κ3) is 3.28. The average molecular weight is 575 g/mol. The third-order valence-corrected chi connectivity index (χ3v) is 9.47. The van der Waals surface area contributed by atoms with Gasteiger partial charge in [-0.2, -0.15) is 0 Å². The van der Waals surface area contributed by atoms with Gasteiger partial charge in [0.25, 0.3) is 0 Å². The van der Waals surface area contributed by atoms with E-state index < -0.39 is 0 Å². The van der Waals surface area contributed by atoms with Gasteiger partial charge in [-0.05, 0) is 35.7 Å². The largest absolute Gasteiger partial charge is 0.307 e. The van der Waals surface area contributed by atoms with Crippen molar-refractivity contribution in [3.8, 4) is 0 Å². The summed E-state index contributed by atoms with van der Waals surface area (Å²) in [5, 5.41) is 18.7. The van der Waals surface area contributed by atoms with Crippen molar-refractivity contribution in [3.05, 3.63) is 157 Å². The molecule has 3 heterocycles. The number of nitrogens with one attached hydrogen (secondary N) is 2. The lowest BCUT2D eigenvalue weighted by molar-refractivity contribution is 1.06. The number of hydrogen-bond acceptors (Lipinski definition) is 2. The number of allylic oxidation sites excluding steroid dienone is 5. The van der Waals surface area contributed by atoms with E-state index in [1.807, 2.05) is 42.5 Å². The Labute approximate surface area is 258 Å². The van der Waals surface area contributed by atoms with Gasteiger partial charge >= 0.3 is 0 Å². The van der Waals surface area contributed by atoms with Crippen LogP contribution in [0.15, 0.2) is 151 Å². The molecule has 3 aromatic heterocycles. The lowest BCUT2D eigenvalue weighted by atomic mass is 9.99. The average Bonchev–Trinajstić information content (AvgIpc) is 3.72. The molecule has 9 aromatic rings. The molecule has 0 atom stereocenters. The second kappa shape index (κ2) is 8.94. The molecule has 0 saturated heterocycles. The summed E-state index contributed by atoms with van der Waals surface area (Å²) in [6.07, 6.45) is 7.78. The fourth-order valence-corrected chi connectivity index (χ4v) is 7.52. The minimum atomic E-state index is 0.482. The van der Waals surface area contributed by atoms with E-state index in [1.54, 1.807) is 0 Å². The van der Waals surface area contributed by atoms with E-state index in [2.05, 4.69) is 118 Å². The predicted molar refractivity (Wildman–Crippen MR) is 190 cm³/mol. The molecule has 0 aliphatic heterocycles. The molecule has 10 rings (SSSR count). The van der Waals surface area contributed by atoms with Gasteiger partial charge in [0.05, 0.1) is 39.0 Å². The fourth-order valence-electron chi connectivity index (χ4n) is 7.52. The molecule has 0 radical (unpaired) electrons. The third-order valence-electron chi connectivity index (χ3n) is 9.47. The first-order chi connectivity index (χ1) is 22.3. The maximum Gasteiger partial charge on any atom is 0.0716 e. The molecule has 4 nitrogen and oxygen atoms in total. The van der Waals surface area contributed by atoms with Gasteiger partial charge in [0.2, 0.25) is 0 Å². The summed E-state index contributed by atoms with van der Waals surface area (Å²) in [5.74, 6) is 0. The zero-order chi connectivity index (χ0) is 29.6. The van der Waals surface area contributed by atoms with E-state index >= 15 is 0 Å². The summed E-state index contributed by atoms with van der Waals surface area (Å²) in [4.78, 5) is 0. The van der Waals surface area contributed by atoms with Crippen molar-refractivity contribution in [3.63, 3.8) is 0 Å². The fraction of sp³-hybridized carbons (Fsp3) is 0. The highest BCUT2D eigenvalue weighted by Gasteiger charge is 2.21. The van der Waals surface area contributed by atoms with Gasteiger partial charge in [-0.15, -0.1) is 0 Å². The van der Waals surface area contributed by atoms with E-state index in [0.29, 0.717) is 5.71 Å². The van der Waals surface area contributed by atoms with E-state index in [9.17, 15) is 0 Å². The zero-order valence-electron chi connectivity index (χ0n) is 24.3. The lowest BCUT2D eigenvalue weighted by Gasteiger charge is -2.19. The Kier molecular flexibility index (Phi) is 4.83. The maximum absolute atomic E-state index is 8.76. The van der Waals surface area contributed by atoms with Crippen LogP contribution in [0.5, 0.6) is 0 Å². The van der Waals surface area contributed by atoms with Crippen LogP contribution in [0.2, 0.25) is 0 Å². The van der Waals surface area contributed by atoms with Crippen LogP contribution in [0.4, 0.5) is 0 Å². The van der Waals surface area contributed by atoms with E-state index in [-0.39, 0.29) is 0 Å². The van der Waals surface area contributed by atoms with Crippen molar-refractivity contribution in [2.24, 2.45) is 0 Å². The zero-order valence-corrected chi connectivity index (χ0v) is 24.3. The standard InChI is InChI=1S/C41H26N4/c42-35-18-7-4-15-32(35)39(25-11-2-1-3-12-25)43-45-37-20-9-6-14-28(37)34-24-33-26(23-38(34)45)21-22-31-30-17-10-16-29-27-13-5-8-19-36(27)44(40(29)30)41(31)33/h1-24,42-43H/b39-32-,42-35?. The van der Waals surface area contributed by atoms with Crippen molar-refractivity contribution in [1.82, 2.24) is 9.08 Å². The van der Waals surface area contributed by atoms with Crippen LogP contribution >= 0.6 is 0 Å². The molecule has 6 aromatic carbocycles. The quantitative estimate of drug-likeness (QED) is 0.217. The minimum absolute atomic E-state index is 0.482. The van der Waals surface area contributed by atoms with Crippen LogP contribution in [0.3, 0.4) is 0 Å². The highest BCUT2D eigenvalue weighted by atomic mass is 15.4. The number of fused-ring (bicyclic) bond motifs is 11. The Hall–Kier alpha value is -6.13. The van der Waals surface area contributed by atoms with Crippen molar-refractivity contribution < 1.29 is 0 Å². The first kappa shape index (κ1) is 24.3. The Morgan fingerprint density at radius 1 is 0.511 bits per heavy atom. The van der Waals surface area contributed by atoms with Gasteiger partial charge in [0.15, 0.2) is 0 Å². The molecule has 0 amide bonds. The Balaban J connectivity index is 1.31. The summed E-state index contributed by atoms with van der Waals surface area (Å²) >= 11 is 0. The number of nitrogens with zero attached hydrogens (tertiary/aromatic N) is 2. The molecule has 0 saturated carbocycles. The Morgan fingerprint density at radius 2 is 1.16 bits per heavy atom. The molecule has 0 bridgehead atoms. The smallest absolute Gasteiger partial charge is 0.0716 e. The second-order valence-corrected chi connectivity index (χ2v) is 11.9. The van der Waals surface area contributed by atoms with E-state index in [1.165, 1.54) is 59.6 Å². The predicted octanol–water partition coefficient (Wildman–Crippen LogP) is 10.2. The molecule has 1 aliphatic carbocycles. The Morgan fingerprint density at radius 3 is 1.98 bits per heavy atom. The monoisotopic (exact) mass is 574 g/mol. The normalized spacial score (nSPS) is 14.8. The van der Waals surface area contributed by atoms with Gasteiger partial charge in [-0.1, -0.05) is 115 Å². The summed E-state index contributed by atoms with van der Waals surface area (Å²) in [5.41, 5.74) is 13.0. The summed E-state index contributed by atoms with van der Waals surface area (Å²) in [6.45, 7) is 0. The molecule has 0 spiro atoms. The highest BCUT2D eigenvalue weighted by Crippen LogP contribution is 2.43. The maximum atomic E-state index is 8.76. The number of hydrogen-bond donors (Lipinski definition) is 2. The molecule has 1 aliphatic rings. The first-order valence-electron chi connectivity index (χ1n) is 15.3. The van der Waals surface area contributed by atoms with Crippen LogP contribution in [0, 0.1) is 5.41 Å². The van der Waals surface area contributed by atoms with Crippen LogP contribution < -0.4 is 5.43 Å². The minimum Gasteiger partial charge on any atom is -0.307 e. The van der Waals surface area contributed by atoms with Gasteiger partial charge in [0, 0.05) is 48.8 Å². The van der Waals surface area contributed by atoms with Gasteiger partial charge < -0.3 is 9.81 Å². The van der Waals surface area contributed by atoms with Crippen LogP contribution in [-0.2, 0) is 0 Å². The summed E-state index contributed by atoms with van der Waals surface area (Å²) in [6, 6.07) is 43.6. The molecule has 45 heavy (non-hydrogen) atoms. The molecule has 0 fully saturated rings. The number of benzene rings is 6. The van der Waals surface area contributed by atoms with E-state index in [0.717, 1.165) is 27.9 Å². The van der Waals surface area contributed by atoms with Crippen molar-refractivity contribution >= 4 is 82.1 Å². The van der Waals surface area contributed by atoms with E-state index in [4.69, 9.17) is 5.41 Å². The summed E-state index contributed by atoms with van der Waals surface area (Å²) < 4.78 is 4.68. The van der Waals surface area contributed by atoms with Crippen LogP contribution in [-0.4, -0.2) is 14.8 Å². The van der Waals surface area contributed by atoms with Gasteiger partial charge in [-0.25, -0.2) is 0 Å². The van der Waals surface area contributed by atoms with Crippen LogP contribution in [0.1, 0.15) is 5.56 Å². The number of para-hydroxylation sites is 3. The molecule has 2 N–H and O–H groups in total. The molecule has 0 unspecified atom stereocenters. The topological polar surface area (TPSA) is 45.2 Å². The molecule has 4 heteroatoms. The Bertz CT molecular complexity index is 2790. The van der Waals surface area contributed by atoms with Crippen molar-refractivity contribution in [2.45, 2.75) is 0 Å². The molecular weight excluding hydrogens is 548 g/mol. The van der Waals surface area contributed by atoms with Crippen molar-refractivity contribution in [2.75, 3.05) is 5.43 Å².